The van der Waals surface area contributed by atoms with Crippen molar-refractivity contribution in [3.63, 3.8) is 0 Å². The maximum Gasteiger partial charge on any atom is 0.340 e. The van der Waals surface area contributed by atoms with E-state index in [1.54, 1.807) is 23.5 Å². The molecule has 2 atom stereocenters. The van der Waals surface area contributed by atoms with Crippen molar-refractivity contribution < 1.29 is 19.1 Å². The minimum absolute atomic E-state index is 0.0451. The summed E-state index contributed by atoms with van der Waals surface area (Å²) in [5, 5.41) is 5.39. The summed E-state index contributed by atoms with van der Waals surface area (Å²) in [5.41, 5.74) is 4.70. The molecule has 0 bridgehead atoms. The molecule has 2 unspecified atom stereocenters. The fraction of sp³-hybridized carbons (Fsp3) is 0.227. The minimum Gasteiger partial charge on any atom is -0.465 e. The minimum atomic E-state index is -0.627. The summed E-state index contributed by atoms with van der Waals surface area (Å²) in [7, 11) is 1.24. The van der Waals surface area contributed by atoms with Crippen LogP contribution in [0.4, 0.5) is 5.69 Å². The largest absolute Gasteiger partial charge is 0.465 e. The first kappa shape index (κ1) is 22.1. The van der Waals surface area contributed by atoms with Crippen LogP contribution in [0.5, 0.6) is 0 Å². The van der Waals surface area contributed by atoms with Crippen LogP contribution in [0.15, 0.2) is 54.9 Å². The van der Waals surface area contributed by atoms with Crippen LogP contribution in [0, 0.1) is 0 Å². The Morgan fingerprint density at radius 2 is 1.84 bits per heavy atom. The molecule has 1 fully saturated rings. The summed E-state index contributed by atoms with van der Waals surface area (Å²) < 4.78 is 4.74. The van der Waals surface area contributed by atoms with Crippen LogP contribution in [0.25, 0.3) is 0 Å². The topological polar surface area (TPSA) is 91.0 Å². The number of amides is 2. The van der Waals surface area contributed by atoms with E-state index in [9.17, 15) is 14.4 Å². The Labute approximate surface area is 194 Å². The van der Waals surface area contributed by atoms with Crippen LogP contribution in [0.1, 0.15) is 28.4 Å². The van der Waals surface area contributed by atoms with Crippen LogP contribution in [0.3, 0.4) is 0 Å². The molecule has 2 heterocycles. The van der Waals surface area contributed by atoms with E-state index in [1.807, 2.05) is 24.3 Å². The number of esters is 1. The van der Waals surface area contributed by atoms with Gasteiger partial charge in [0.2, 0.25) is 5.91 Å². The van der Waals surface area contributed by atoms with Gasteiger partial charge in [0.25, 0.3) is 5.91 Å². The zero-order valence-electron chi connectivity index (χ0n) is 17.0. The fourth-order valence-electron chi connectivity index (χ4n) is 3.73. The number of fused-ring (bicyclic) bond motifs is 1. The Hall–Kier alpha value is -3.07. The zero-order chi connectivity index (χ0) is 22.8. The lowest BCUT2D eigenvalue weighted by atomic mass is 10.0. The van der Waals surface area contributed by atoms with Crippen molar-refractivity contribution in [2.24, 2.45) is 0 Å². The Kier molecular flexibility index (Phi) is 6.36. The number of nitrogens with zero attached hydrogens (tertiary/aromatic N) is 2. The Morgan fingerprint density at radius 1 is 1.12 bits per heavy atom. The standard InChI is InChI=1S/C22H20Cl2N4O4/c1-32-22(31)16-10-15(24)6-7-17(16)25-20(29)12-27-8-9-28-19(21(27)30)11-18(26-28)13-2-4-14(23)5-3-13/h2-10,18-19,26H,11-12H2,1H3,(H,25,29). The van der Waals surface area contributed by atoms with Crippen molar-refractivity contribution >= 4 is 46.7 Å². The number of hydrazine groups is 1. The first-order chi connectivity index (χ1) is 15.4. The van der Waals surface area contributed by atoms with E-state index in [1.165, 1.54) is 24.1 Å². The molecule has 0 aromatic heterocycles. The maximum absolute atomic E-state index is 13.0. The summed E-state index contributed by atoms with van der Waals surface area (Å²) in [4.78, 5) is 38.9. The molecule has 2 aliphatic heterocycles. The summed E-state index contributed by atoms with van der Waals surface area (Å²) >= 11 is 11.9. The second-order valence-electron chi connectivity index (χ2n) is 7.39. The molecule has 2 aromatic carbocycles. The van der Waals surface area contributed by atoms with Crippen molar-refractivity contribution in [2.45, 2.75) is 18.5 Å². The third-order valence-corrected chi connectivity index (χ3v) is 5.81. The van der Waals surface area contributed by atoms with Crippen molar-refractivity contribution in [3.05, 3.63) is 76.0 Å². The third kappa shape index (κ3) is 4.57. The number of ether oxygens (including phenoxy) is 1. The number of carbonyl (C=O) groups excluding carboxylic acids is 3. The predicted molar refractivity (Wildman–Crippen MR) is 120 cm³/mol. The first-order valence-electron chi connectivity index (χ1n) is 9.82. The Bertz CT molecular complexity index is 1090. The molecule has 0 spiro atoms. The molecular formula is C22H20Cl2N4O4. The van der Waals surface area contributed by atoms with Crippen LogP contribution >= 0.6 is 23.2 Å². The summed E-state index contributed by atoms with van der Waals surface area (Å²) in [6.45, 7) is -0.200. The average Bonchev–Trinajstić information content (AvgIpc) is 3.22. The van der Waals surface area contributed by atoms with E-state index < -0.39 is 17.9 Å². The van der Waals surface area contributed by atoms with E-state index in [0.29, 0.717) is 16.5 Å². The lowest BCUT2D eigenvalue weighted by molar-refractivity contribution is -0.137. The van der Waals surface area contributed by atoms with E-state index in [4.69, 9.17) is 27.9 Å². The molecule has 166 valence electrons. The zero-order valence-corrected chi connectivity index (χ0v) is 18.6. The highest BCUT2D eigenvalue weighted by atomic mass is 35.5. The average molecular weight is 475 g/mol. The third-order valence-electron chi connectivity index (χ3n) is 5.32. The van der Waals surface area contributed by atoms with Gasteiger partial charge in [-0.1, -0.05) is 35.3 Å². The van der Waals surface area contributed by atoms with Crippen molar-refractivity contribution in [2.75, 3.05) is 19.0 Å². The molecule has 0 radical (unpaired) electrons. The van der Waals surface area contributed by atoms with Gasteiger partial charge in [-0.3, -0.25) is 9.59 Å². The summed E-state index contributed by atoms with van der Waals surface area (Å²) in [6.07, 6.45) is 3.84. The van der Waals surface area contributed by atoms with Gasteiger partial charge in [-0.15, -0.1) is 0 Å². The summed E-state index contributed by atoms with van der Waals surface area (Å²) in [6, 6.07) is 11.5. The van der Waals surface area contributed by atoms with Gasteiger partial charge >= 0.3 is 5.97 Å². The molecule has 1 saturated heterocycles. The summed E-state index contributed by atoms with van der Waals surface area (Å²) in [5.74, 6) is -1.28. The number of halogens is 2. The van der Waals surface area contributed by atoms with Gasteiger partial charge in [-0.2, -0.15) is 0 Å². The molecule has 32 heavy (non-hydrogen) atoms. The van der Waals surface area contributed by atoms with E-state index >= 15 is 0 Å². The molecule has 0 aliphatic carbocycles. The normalized spacial score (nSPS) is 19.7. The van der Waals surface area contributed by atoms with Gasteiger partial charge in [0.05, 0.1) is 24.4 Å². The molecule has 2 N–H and O–H groups in total. The van der Waals surface area contributed by atoms with E-state index in [0.717, 1.165) is 5.56 Å². The monoisotopic (exact) mass is 474 g/mol. The van der Waals surface area contributed by atoms with Crippen LogP contribution in [0.2, 0.25) is 10.0 Å². The molecule has 4 rings (SSSR count). The molecular weight excluding hydrogens is 455 g/mol. The lowest BCUT2D eigenvalue weighted by Crippen LogP contribution is -2.49. The van der Waals surface area contributed by atoms with E-state index in [-0.39, 0.29) is 29.7 Å². The van der Waals surface area contributed by atoms with Crippen LogP contribution < -0.4 is 10.7 Å². The van der Waals surface area contributed by atoms with Gasteiger partial charge in [0.15, 0.2) is 0 Å². The van der Waals surface area contributed by atoms with E-state index in [2.05, 4.69) is 10.7 Å². The number of hydrogen-bond donors (Lipinski definition) is 2. The quantitative estimate of drug-likeness (QED) is 0.645. The molecule has 2 aliphatic rings. The number of carbonyl (C=O) groups is 3. The van der Waals surface area contributed by atoms with Crippen molar-refractivity contribution in [3.8, 4) is 0 Å². The predicted octanol–water partition coefficient (Wildman–Crippen LogP) is 3.35. The molecule has 0 saturated carbocycles. The van der Waals surface area contributed by atoms with Gasteiger partial charge in [0.1, 0.15) is 12.6 Å². The highest BCUT2D eigenvalue weighted by molar-refractivity contribution is 6.31. The number of rotatable bonds is 5. The fourth-order valence-corrected chi connectivity index (χ4v) is 4.03. The highest BCUT2D eigenvalue weighted by Gasteiger charge is 2.40. The smallest absolute Gasteiger partial charge is 0.340 e. The number of benzene rings is 2. The Morgan fingerprint density at radius 3 is 2.56 bits per heavy atom. The van der Waals surface area contributed by atoms with Gasteiger partial charge < -0.3 is 20.0 Å². The number of nitrogens with one attached hydrogen (secondary N) is 2. The second-order valence-corrected chi connectivity index (χ2v) is 8.26. The van der Waals surface area contributed by atoms with Crippen LogP contribution in [-0.2, 0) is 14.3 Å². The van der Waals surface area contributed by atoms with Crippen molar-refractivity contribution in [1.82, 2.24) is 15.3 Å². The maximum atomic E-state index is 13.0. The Balaban J connectivity index is 1.42. The molecule has 10 heteroatoms. The molecule has 2 amide bonds. The second kappa shape index (κ2) is 9.20. The van der Waals surface area contributed by atoms with Gasteiger partial charge in [-0.05, 0) is 42.3 Å². The number of methoxy groups -OCH3 is 1. The first-order valence-corrected chi connectivity index (χ1v) is 10.6. The van der Waals surface area contributed by atoms with Crippen LogP contribution in [-0.4, -0.2) is 47.4 Å². The van der Waals surface area contributed by atoms with Gasteiger partial charge in [0, 0.05) is 22.4 Å². The number of hydrogen-bond acceptors (Lipinski definition) is 6. The lowest BCUT2D eigenvalue weighted by Gasteiger charge is -2.31. The SMILES string of the molecule is COC(=O)c1cc(Cl)ccc1NC(=O)CN1C=CN2NC(c3ccc(Cl)cc3)CC2C1=O. The highest BCUT2D eigenvalue weighted by Crippen LogP contribution is 2.31. The number of anilines is 1. The molecule has 2 aromatic rings. The van der Waals surface area contributed by atoms with Gasteiger partial charge in [-0.25, -0.2) is 10.2 Å². The van der Waals surface area contributed by atoms with Crippen molar-refractivity contribution in [1.29, 1.82) is 0 Å². The molecule has 8 nitrogen and oxygen atoms in total.